The van der Waals surface area contributed by atoms with Gasteiger partial charge in [0, 0.05) is 6.42 Å². The summed E-state index contributed by atoms with van der Waals surface area (Å²) in [6, 6.07) is 16.1. The minimum Gasteiger partial charge on any atom is -0.484 e. The van der Waals surface area contributed by atoms with E-state index in [0.29, 0.717) is 12.2 Å². The van der Waals surface area contributed by atoms with Crippen LogP contribution in [0.15, 0.2) is 54.6 Å². The van der Waals surface area contributed by atoms with E-state index in [2.05, 4.69) is 5.32 Å². The lowest BCUT2D eigenvalue weighted by Crippen LogP contribution is -2.44. The van der Waals surface area contributed by atoms with E-state index in [9.17, 15) is 9.59 Å². The highest BCUT2D eigenvalue weighted by molar-refractivity contribution is 5.85. The van der Waals surface area contributed by atoms with E-state index in [1.54, 1.807) is 6.07 Å². The molecule has 0 saturated carbocycles. The number of amides is 1. The predicted octanol–water partition coefficient (Wildman–Crippen LogP) is 2.27. The number of methoxy groups -OCH3 is 1. The molecule has 0 radical (unpaired) electrons. The van der Waals surface area contributed by atoms with Crippen LogP contribution in [0.3, 0.4) is 0 Å². The largest absolute Gasteiger partial charge is 0.484 e. The summed E-state index contributed by atoms with van der Waals surface area (Å²) in [5, 5.41) is 2.66. The van der Waals surface area contributed by atoms with Gasteiger partial charge in [-0.3, -0.25) is 4.79 Å². The van der Waals surface area contributed by atoms with Gasteiger partial charge in [-0.15, -0.1) is 0 Å². The molecule has 0 fully saturated rings. The van der Waals surface area contributed by atoms with Crippen molar-refractivity contribution in [3.63, 3.8) is 0 Å². The van der Waals surface area contributed by atoms with Crippen molar-refractivity contribution in [2.45, 2.75) is 19.4 Å². The first kappa shape index (κ1) is 17.5. The van der Waals surface area contributed by atoms with E-state index in [-0.39, 0.29) is 12.5 Å². The molecule has 0 heterocycles. The Morgan fingerprint density at radius 2 is 1.83 bits per heavy atom. The summed E-state index contributed by atoms with van der Waals surface area (Å²) < 4.78 is 10.2. The summed E-state index contributed by atoms with van der Waals surface area (Å²) in [6.07, 6.45) is 0.365. The van der Waals surface area contributed by atoms with Gasteiger partial charge in [0.1, 0.15) is 11.8 Å². The number of esters is 1. The van der Waals surface area contributed by atoms with Crippen molar-refractivity contribution in [3.8, 4) is 5.75 Å². The number of hydrogen-bond donors (Lipinski definition) is 1. The number of aryl methyl sites for hydroxylation is 1. The van der Waals surface area contributed by atoms with E-state index in [1.807, 2.05) is 55.5 Å². The third-order valence-corrected chi connectivity index (χ3v) is 3.46. The average molecular weight is 327 g/mol. The summed E-state index contributed by atoms with van der Waals surface area (Å²) in [5.41, 5.74) is 1.98. The van der Waals surface area contributed by atoms with Gasteiger partial charge in [0.15, 0.2) is 6.61 Å². The van der Waals surface area contributed by atoms with Crippen LogP contribution in [0.2, 0.25) is 0 Å². The molecule has 2 aromatic carbocycles. The van der Waals surface area contributed by atoms with Crippen LogP contribution in [0.4, 0.5) is 0 Å². The highest BCUT2D eigenvalue weighted by Crippen LogP contribution is 2.12. The Bertz CT molecular complexity index is 685. The first-order valence-electron chi connectivity index (χ1n) is 7.69. The summed E-state index contributed by atoms with van der Waals surface area (Å²) in [7, 11) is 1.30. The molecule has 1 amide bonds. The van der Waals surface area contributed by atoms with Crippen molar-refractivity contribution in [1.29, 1.82) is 0 Å². The normalized spacial score (nSPS) is 11.4. The molecule has 1 N–H and O–H groups in total. The minimum atomic E-state index is -0.744. The van der Waals surface area contributed by atoms with E-state index in [0.717, 1.165) is 11.1 Å². The maximum atomic E-state index is 12.1. The highest BCUT2D eigenvalue weighted by Gasteiger charge is 2.22. The number of carbonyl (C=O) groups is 2. The maximum absolute atomic E-state index is 12.1. The van der Waals surface area contributed by atoms with E-state index >= 15 is 0 Å². The van der Waals surface area contributed by atoms with Crippen molar-refractivity contribution in [2.24, 2.45) is 0 Å². The second kappa shape index (κ2) is 8.72. The Kier molecular flexibility index (Phi) is 6.37. The molecule has 0 aliphatic carbocycles. The summed E-state index contributed by atoms with van der Waals surface area (Å²) in [4.78, 5) is 24.0. The Morgan fingerprint density at radius 1 is 1.08 bits per heavy atom. The number of carbonyl (C=O) groups excluding carboxylic acids is 2. The molecule has 1 atom stereocenters. The van der Waals surface area contributed by atoms with Gasteiger partial charge in [-0.25, -0.2) is 4.79 Å². The zero-order valence-corrected chi connectivity index (χ0v) is 13.8. The highest BCUT2D eigenvalue weighted by atomic mass is 16.5. The van der Waals surface area contributed by atoms with E-state index in [4.69, 9.17) is 9.47 Å². The summed E-state index contributed by atoms with van der Waals surface area (Å²) in [6.45, 7) is 1.78. The number of benzene rings is 2. The van der Waals surface area contributed by atoms with Crippen molar-refractivity contribution in [3.05, 3.63) is 65.7 Å². The number of rotatable bonds is 7. The fourth-order valence-electron chi connectivity index (χ4n) is 2.28. The van der Waals surface area contributed by atoms with Gasteiger partial charge in [-0.2, -0.15) is 0 Å². The van der Waals surface area contributed by atoms with Crippen LogP contribution >= 0.6 is 0 Å². The molecule has 5 heteroatoms. The second-order valence-corrected chi connectivity index (χ2v) is 5.44. The molecular formula is C19H21NO4. The van der Waals surface area contributed by atoms with E-state index in [1.165, 1.54) is 7.11 Å². The van der Waals surface area contributed by atoms with Crippen LogP contribution in [0.25, 0.3) is 0 Å². The maximum Gasteiger partial charge on any atom is 0.328 e. The Morgan fingerprint density at radius 3 is 2.50 bits per heavy atom. The second-order valence-electron chi connectivity index (χ2n) is 5.44. The lowest BCUT2D eigenvalue weighted by molar-refractivity contribution is -0.145. The number of hydrogen-bond acceptors (Lipinski definition) is 4. The molecule has 0 aromatic heterocycles. The van der Waals surface area contributed by atoms with Crippen LogP contribution in [-0.2, 0) is 20.7 Å². The summed E-state index contributed by atoms with van der Waals surface area (Å²) >= 11 is 0. The van der Waals surface area contributed by atoms with Gasteiger partial charge in [-0.05, 0) is 30.2 Å². The molecule has 0 bridgehead atoms. The van der Waals surface area contributed by atoms with Crippen molar-refractivity contribution < 1.29 is 19.1 Å². The van der Waals surface area contributed by atoms with Crippen molar-refractivity contribution >= 4 is 11.9 Å². The van der Waals surface area contributed by atoms with Gasteiger partial charge in [-0.1, -0.05) is 42.5 Å². The monoisotopic (exact) mass is 327 g/mol. The molecule has 0 spiro atoms. The van der Waals surface area contributed by atoms with Gasteiger partial charge in [0.05, 0.1) is 7.11 Å². The van der Waals surface area contributed by atoms with Gasteiger partial charge in [0.2, 0.25) is 0 Å². The summed E-state index contributed by atoms with van der Waals surface area (Å²) in [5.74, 6) is -0.242. The fourth-order valence-corrected chi connectivity index (χ4v) is 2.28. The van der Waals surface area contributed by atoms with Crippen molar-refractivity contribution in [2.75, 3.05) is 13.7 Å². The Hall–Kier alpha value is -2.82. The molecule has 0 saturated heterocycles. The Labute approximate surface area is 141 Å². The molecule has 2 aromatic rings. The molecule has 0 unspecified atom stereocenters. The molecule has 2 rings (SSSR count). The van der Waals surface area contributed by atoms with Crippen molar-refractivity contribution in [1.82, 2.24) is 5.32 Å². The first-order valence-corrected chi connectivity index (χ1v) is 7.69. The fraction of sp³-hybridized carbons (Fsp3) is 0.263. The topological polar surface area (TPSA) is 64.6 Å². The zero-order valence-electron chi connectivity index (χ0n) is 13.8. The molecule has 5 nitrogen and oxygen atoms in total. The van der Waals surface area contributed by atoms with Gasteiger partial charge in [0.25, 0.3) is 5.91 Å². The third kappa shape index (κ3) is 5.43. The Balaban J connectivity index is 1.93. The predicted molar refractivity (Wildman–Crippen MR) is 90.8 cm³/mol. The lowest BCUT2D eigenvalue weighted by Gasteiger charge is -2.17. The molecule has 126 valence electrons. The zero-order chi connectivity index (χ0) is 17.4. The molecular weight excluding hydrogens is 306 g/mol. The number of ether oxygens (including phenoxy) is 2. The quantitative estimate of drug-likeness (QED) is 0.793. The lowest BCUT2D eigenvalue weighted by atomic mass is 10.1. The van der Waals surface area contributed by atoms with Crippen LogP contribution in [0.5, 0.6) is 5.75 Å². The van der Waals surface area contributed by atoms with Crippen LogP contribution in [0.1, 0.15) is 11.1 Å². The van der Waals surface area contributed by atoms with Gasteiger partial charge < -0.3 is 14.8 Å². The third-order valence-electron chi connectivity index (χ3n) is 3.46. The minimum absolute atomic E-state index is 0.161. The van der Waals surface area contributed by atoms with Crippen LogP contribution < -0.4 is 10.1 Å². The molecule has 0 aliphatic rings. The SMILES string of the molecule is COC(=O)[C@@H](Cc1ccccc1)NC(=O)COc1cccc(C)c1. The first-order chi connectivity index (χ1) is 11.6. The molecule has 24 heavy (non-hydrogen) atoms. The average Bonchev–Trinajstić information content (AvgIpc) is 2.59. The van der Waals surface area contributed by atoms with Crippen LogP contribution in [-0.4, -0.2) is 31.6 Å². The standard InChI is InChI=1S/C19H21NO4/c1-14-7-6-10-16(11-14)24-13-18(21)20-17(19(22)23-2)12-15-8-4-3-5-9-15/h3-11,17H,12-13H2,1-2H3,(H,20,21)/t17-/m1/s1. The smallest absolute Gasteiger partial charge is 0.328 e. The molecule has 0 aliphatic heterocycles. The van der Waals surface area contributed by atoms with E-state index < -0.39 is 12.0 Å². The number of nitrogens with one attached hydrogen (secondary N) is 1. The van der Waals surface area contributed by atoms with Gasteiger partial charge >= 0.3 is 5.97 Å². The van der Waals surface area contributed by atoms with Crippen LogP contribution in [0, 0.1) is 6.92 Å².